The third-order valence-corrected chi connectivity index (χ3v) is 5.93. The average Bonchev–Trinajstić information content (AvgIpc) is 3.43. The summed E-state index contributed by atoms with van der Waals surface area (Å²) in [5.74, 6) is 0.418. The molecule has 0 spiro atoms. The van der Waals surface area contributed by atoms with Gasteiger partial charge in [0, 0.05) is 30.6 Å². The molecule has 2 amide bonds. The smallest absolute Gasteiger partial charge is 0.246 e. The second kappa shape index (κ2) is 9.39. The first-order valence-corrected chi connectivity index (χ1v) is 11.1. The first-order chi connectivity index (χ1) is 15.5. The number of amides is 2. The van der Waals surface area contributed by atoms with Gasteiger partial charge in [0.05, 0.1) is 6.42 Å². The zero-order valence-corrected chi connectivity index (χ0v) is 18.6. The fraction of sp³-hybridized carbons (Fsp3) is 0.346. The van der Waals surface area contributed by atoms with E-state index in [1.807, 2.05) is 80.6 Å². The summed E-state index contributed by atoms with van der Waals surface area (Å²) in [5, 5.41) is 7.25. The number of nitrogens with zero attached hydrogens (tertiary/aromatic N) is 2. The van der Waals surface area contributed by atoms with E-state index in [9.17, 15) is 9.59 Å². The van der Waals surface area contributed by atoms with Crippen molar-refractivity contribution in [2.75, 3.05) is 6.54 Å². The Morgan fingerprint density at radius 2 is 1.78 bits per heavy atom. The zero-order valence-electron chi connectivity index (χ0n) is 18.6. The van der Waals surface area contributed by atoms with Crippen molar-refractivity contribution < 1.29 is 14.1 Å². The maximum absolute atomic E-state index is 13.5. The molecular weight excluding hydrogens is 402 g/mol. The minimum Gasteiger partial charge on any atom is -0.361 e. The highest BCUT2D eigenvalue weighted by atomic mass is 16.5. The lowest BCUT2D eigenvalue weighted by molar-refractivity contribution is -0.145. The Balaban J connectivity index is 1.62. The van der Waals surface area contributed by atoms with E-state index >= 15 is 0 Å². The van der Waals surface area contributed by atoms with E-state index in [1.165, 1.54) is 0 Å². The summed E-state index contributed by atoms with van der Waals surface area (Å²) in [6.07, 6.45) is 1.92. The molecule has 6 nitrogen and oxygen atoms in total. The molecule has 1 aliphatic heterocycles. The van der Waals surface area contributed by atoms with Crippen molar-refractivity contribution >= 4 is 11.8 Å². The first kappa shape index (κ1) is 21.8. The molecule has 4 rings (SSSR count). The van der Waals surface area contributed by atoms with E-state index in [4.69, 9.17) is 4.52 Å². The standard InChI is InChI=1S/C26H29N3O3/c1-19(2)27-25(31)26(18-22-17-23(28-32-22)21-12-7-4-8-13-21)14-9-15-29(26)24(30)16-20-10-5-3-6-11-20/h3-8,10-13,17,19H,9,14-16,18H2,1-2H3,(H,27,31). The summed E-state index contributed by atoms with van der Waals surface area (Å²) >= 11 is 0. The molecule has 0 radical (unpaired) electrons. The van der Waals surface area contributed by atoms with Crippen molar-refractivity contribution in [3.63, 3.8) is 0 Å². The molecule has 1 atom stereocenters. The molecule has 3 aromatic rings. The highest BCUT2D eigenvalue weighted by Crippen LogP contribution is 2.35. The van der Waals surface area contributed by atoms with Gasteiger partial charge >= 0.3 is 0 Å². The zero-order chi connectivity index (χ0) is 22.6. The summed E-state index contributed by atoms with van der Waals surface area (Å²) in [7, 11) is 0. The van der Waals surface area contributed by atoms with Crippen LogP contribution in [0.2, 0.25) is 0 Å². The van der Waals surface area contributed by atoms with Crippen LogP contribution in [0.3, 0.4) is 0 Å². The molecule has 1 aliphatic rings. The normalized spacial score (nSPS) is 18.2. The van der Waals surface area contributed by atoms with Crippen LogP contribution in [0.4, 0.5) is 0 Å². The second-order valence-electron chi connectivity index (χ2n) is 8.69. The second-order valence-corrected chi connectivity index (χ2v) is 8.69. The van der Waals surface area contributed by atoms with Gasteiger partial charge in [0.25, 0.3) is 0 Å². The minimum absolute atomic E-state index is 0.0272. The van der Waals surface area contributed by atoms with Crippen LogP contribution in [0, 0.1) is 0 Å². The van der Waals surface area contributed by atoms with Gasteiger partial charge in [0.1, 0.15) is 17.0 Å². The van der Waals surface area contributed by atoms with Crippen LogP contribution in [0.25, 0.3) is 11.3 Å². The molecule has 1 unspecified atom stereocenters. The molecule has 1 saturated heterocycles. The number of likely N-dealkylation sites (tertiary alicyclic amines) is 1. The lowest BCUT2D eigenvalue weighted by Gasteiger charge is -2.37. The largest absolute Gasteiger partial charge is 0.361 e. The monoisotopic (exact) mass is 431 g/mol. The molecule has 2 aromatic carbocycles. The SMILES string of the molecule is CC(C)NC(=O)C1(Cc2cc(-c3ccccc3)no2)CCCN1C(=O)Cc1ccccc1. The van der Waals surface area contributed by atoms with E-state index < -0.39 is 5.54 Å². The van der Waals surface area contributed by atoms with Crippen LogP contribution in [-0.4, -0.2) is 40.0 Å². The molecule has 32 heavy (non-hydrogen) atoms. The third kappa shape index (κ3) is 4.59. The molecule has 1 fully saturated rings. The number of nitrogens with one attached hydrogen (secondary N) is 1. The lowest BCUT2D eigenvalue weighted by atomic mass is 9.88. The summed E-state index contributed by atoms with van der Waals surface area (Å²) in [4.78, 5) is 28.5. The Hall–Kier alpha value is -3.41. The van der Waals surface area contributed by atoms with Crippen LogP contribution in [0.5, 0.6) is 0 Å². The first-order valence-electron chi connectivity index (χ1n) is 11.1. The maximum Gasteiger partial charge on any atom is 0.246 e. The Morgan fingerprint density at radius 3 is 2.47 bits per heavy atom. The Morgan fingerprint density at radius 1 is 1.09 bits per heavy atom. The lowest BCUT2D eigenvalue weighted by Crippen LogP contribution is -2.60. The van der Waals surface area contributed by atoms with Crippen LogP contribution < -0.4 is 5.32 Å². The molecule has 1 aromatic heterocycles. The van der Waals surface area contributed by atoms with Crippen molar-refractivity contribution in [3.05, 3.63) is 78.1 Å². The van der Waals surface area contributed by atoms with Crippen molar-refractivity contribution in [1.29, 1.82) is 0 Å². The van der Waals surface area contributed by atoms with Crippen LogP contribution in [0.15, 0.2) is 71.3 Å². The number of hydrogen-bond donors (Lipinski definition) is 1. The average molecular weight is 432 g/mol. The van der Waals surface area contributed by atoms with Crippen LogP contribution in [0.1, 0.15) is 38.0 Å². The molecule has 0 saturated carbocycles. The quantitative estimate of drug-likeness (QED) is 0.613. The van der Waals surface area contributed by atoms with E-state index in [-0.39, 0.29) is 24.3 Å². The predicted octanol–water partition coefficient (Wildman–Crippen LogP) is 4.01. The van der Waals surface area contributed by atoms with Gasteiger partial charge in [-0.2, -0.15) is 0 Å². The molecular formula is C26H29N3O3. The molecule has 2 heterocycles. The van der Waals surface area contributed by atoms with Gasteiger partial charge in [-0.3, -0.25) is 9.59 Å². The van der Waals surface area contributed by atoms with Gasteiger partial charge in [0.15, 0.2) is 0 Å². The minimum atomic E-state index is -0.983. The van der Waals surface area contributed by atoms with Gasteiger partial charge in [0.2, 0.25) is 11.8 Å². The van der Waals surface area contributed by atoms with Gasteiger partial charge in [-0.05, 0) is 32.3 Å². The Labute approximate surface area is 188 Å². The van der Waals surface area contributed by atoms with Gasteiger partial charge in [-0.15, -0.1) is 0 Å². The summed E-state index contributed by atoms with van der Waals surface area (Å²) in [5.41, 5.74) is 1.63. The highest BCUT2D eigenvalue weighted by molar-refractivity contribution is 5.93. The number of rotatable bonds is 7. The van der Waals surface area contributed by atoms with E-state index in [1.54, 1.807) is 4.90 Å². The van der Waals surface area contributed by atoms with E-state index in [0.717, 1.165) is 23.2 Å². The van der Waals surface area contributed by atoms with Crippen LogP contribution >= 0.6 is 0 Å². The number of carbonyl (C=O) groups excluding carboxylic acids is 2. The summed E-state index contributed by atoms with van der Waals surface area (Å²) < 4.78 is 5.64. The predicted molar refractivity (Wildman–Crippen MR) is 123 cm³/mol. The van der Waals surface area contributed by atoms with Gasteiger partial charge in [-0.25, -0.2) is 0 Å². The molecule has 0 aliphatic carbocycles. The topological polar surface area (TPSA) is 75.4 Å². The number of hydrogen-bond acceptors (Lipinski definition) is 4. The van der Waals surface area contributed by atoms with Gasteiger partial charge < -0.3 is 14.7 Å². The fourth-order valence-corrected chi connectivity index (χ4v) is 4.43. The molecule has 166 valence electrons. The Bertz CT molecular complexity index is 1060. The number of aromatic nitrogens is 1. The third-order valence-electron chi connectivity index (χ3n) is 5.93. The molecule has 1 N–H and O–H groups in total. The fourth-order valence-electron chi connectivity index (χ4n) is 4.43. The van der Waals surface area contributed by atoms with Gasteiger partial charge in [-0.1, -0.05) is 65.8 Å². The number of benzene rings is 2. The van der Waals surface area contributed by atoms with Crippen molar-refractivity contribution in [2.24, 2.45) is 0 Å². The van der Waals surface area contributed by atoms with E-state index in [2.05, 4.69) is 10.5 Å². The Kier molecular flexibility index (Phi) is 6.40. The molecule has 6 heteroatoms. The summed E-state index contributed by atoms with van der Waals surface area (Å²) in [6, 6.07) is 21.3. The van der Waals surface area contributed by atoms with Crippen molar-refractivity contribution in [3.8, 4) is 11.3 Å². The molecule has 0 bridgehead atoms. The van der Waals surface area contributed by atoms with Crippen molar-refractivity contribution in [2.45, 2.75) is 51.1 Å². The van der Waals surface area contributed by atoms with Crippen molar-refractivity contribution in [1.82, 2.24) is 15.4 Å². The maximum atomic E-state index is 13.5. The number of carbonyl (C=O) groups is 2. The van der Waals surface area contributed by atoms with Crippen LogP contribution in [-0.2, 0) is 22.4 Å². The summed E-state index contributed by atoms with van der Waals surface area (Å²) in [6.45, 7) is 4.41. The highest BCUT2D eigenvalue weighted by Gasteiger charge is 2.50. The van der Waals surface area contributed by atoms with E-state index in [0.29, 0.717) is 25.1 Å².